The maximum atomic E-state index is 10.5. The van der Waals surface area contributed by atoms with Crippen LogP contribution in [0.1, 0.15) is 106 Å². The van der Waals surface area contributed by atoms with Crippen molar-refractivity contribution in [2.75, 3.05) is 6.61 Å². The molecule has 2 nitrogen and oxygen atoms in total. The average Bonchev–Trinajstić information content (AvgIpc) is 3.16. The lowest BCUT2D eigenvalue weighted by Gasteiger charge is -2.67. The van der Waals surface area contributed by atoms with Gasteiger partial charge in [-0.15, -0.1) is 6.58 Å². The Labute approximate surface area is 193 Å². The minimum Gasteiger partial charge on any atom is -0.396 e. The number of hydrogen-bond acceptors (Lipinski definition) is 2. The molecular weight excluding hydrogens is 380 g/mol. The molecule has 31 heavy (non-hydrogen) atoms. The van der Waals surface area contributed by atoms with Crippen molar-refractivity contribution in [1.29, 1.82) is 0 Å². The molecule has 5 rings (SSSR count). The average molecular weight is 433 g/mol. The van der Waals surface area contributed by atoms with Gasteiger partial charge in [0.15, 0.2) is 0 Å². The van der Waals surface area contributed by atoms with Gasteiger partial charge in [0, 0.05) is 6.61 Å². The van der Waals surface area contributed by atoms with Crippen LogP contribution in [0.25, 0.3) is 0 Å². The van der Waals surface area contributed by atoms with Gasteiger partial charge in [0.1, 0.15) is 0 Å². The Morgan fingerprint density at radius 1 is 0.871 bits per heavy atom. The van der Waals surface area contributed by atoms with Gasteiger partial charge >= 0.3 is 0 Å². The van der Waals surface area contributed by atoms with Gasteiger partial charge < -0.3 is 10.2 Å². The maximum absolute atomic E-state index is 10.5. The van der Waals surface area contributed by atoms with Gasteiger partial charge in [0.05, 0.1) is 6.10 Å². The number of aliphatic hydroxyl groups is 2. The SMILES string of the molecule is C.C=CC.CC1C(O)CCC2(C)C1CCC1(C)C3CCC4(CO)CCCC4C3CCC21. The Morgan fingerprint density at radius 3 is 2.16 bits per heavy atom. The molecular formula is C29H52O2. The predicted octanol–water partition coefficient (Wildman–Crippen LogP) is 7.24. The molecule has 5 aliphatic rings. The van der Waals surface area contributed by atoms with E-state index in [-0.39, 0.29) is 18.9 Å². The zero-order valence-corrected chi connectivity index (χ0v) is 20.2. The first-order valence-electron chi connectivity index (χ1n) is 13.1. The van der Waals surface area contributed by atoms with Crippen molar-refractivity contribution in [3.8, 4) is 0 Å². The van der Waals surface area contributed by atoms with Gasteiger partial charge in [0.25, 0.3) is 0 Å². The molecule has 0 aromatic rings. The lowest BCUT2D eigenvalue weighted by atomic mass is 9.37. The van der Waals surface area contributed by atoms with Crippen LogP contribution in [0.5, 0.6) is 0 Å². The fraction of sp³-hybridized carbons (Fsp3) is 0.931. The van der Waals surface area contributed by atoms with Gasteiger partial charge in [-0.2, -0.15) is 0 Å². The first-order valence-corrected chi connectivity index (χ1v) is 13.1. The summed E-state index contributed by atoms with van der Waals surface area (Å²) in [5.41, 5.74) is 1.23. The molecule has 180 valence electrons. The smallest absolute Gasteiger partial charge is 0.0568 e. The van der Waals surface area contributed by atoms with E-state index in [0.717, 1.165) is 36.0 Å². The van der Waals surface area contributed by atoms with E-state index in [0.29, 0.717) is 23.4 Å². The molecule has 0 radical (unpaired) electrons. The summed E-state index contributed by atoms with van der Waals surface area (Å²) in [6.07, 6.45) is 16.2. The Kier molecular flexibility index (Phi) is 7.45. The van der Waals surface area contributed by atoms with E-state index >= 15 is 0 Å². The molecule has 0 amide bonds. The standard InChI is InChI=1S/C25H42O2.C3H6.CH4/c1-16-18-8-12-24(3)19-9-14-25(15-26)11-4-5-20(25)17(19)6-7-22(24)23(18,2)13-10-21(16)27;1-3-2;/h16-22,26-27H,4-15H2,1-3H3;3H,1H2,2H3;1H4. The summed E-state index contributed by atoms with van der Waals surface area (Å²) in [6, 6.07) is 0. The number of allylic oxidation sites excluding steroid dienone is 1. The van der Waals surface area contributed by atoms with Crippen molar-refractivity contribution < 1.29 is 10.2 Å². The van der Waals surface area contributed by atoms with E-state index in [1.165, 1.54) is 64.2 Å². The first kappa shape index (κ1) is 25.3. The fourth-order valence-electron chi connectivity index (χ4n) is 10.2. The van der Waals surface area contributed by atoms with Crippen LogP contribution in [0.15, 0.2) is 12.7 Å². The summed E-state index contributed by atoms with van der Waals surface area (Å²) in [4.78, 5) is 0. The number of aliphatic hydroxyl groups excluding tert-OH is 2. The summed E-state index contributed by atoms with van der Waals surface area (Å²) in [7, 11) is 0. The molecule has 2 heteroatoms. The molecule has 0 aromatic heterocycles. The Hall–Kier alpha value is -0.340. The molecule has 0 aliphatic heterocycles. The second-order valence-electron chi connectivity index (χ2n) is 12.5. The van der Waals surface area contributed by atoms with Crippen LogP contribution in [0.3, 0.4) is 0 Å². The van der Waals surface area contributed by atoms with Crippen molar-refractivity contribution in [3.05, 3.63) is 12.7 Å². The fourth-order valence-corrected chi connectivity index (χ4v) is 10.2. The molecule has 0 saturated heterocycles. The van der Waals surface area contributed by atoms with E-state index < -0.39 is 0 Å². The lowest BCUT2D eigenvalue weighted by Crippen LogP contribution is -2.61. The van der Waals surface area contributed by atoms with E-state index in [2.05, 4.69) is 27.4 Å². The zero-order valence-electron chi connectivity index (χ0n) is 20.2. The van der Waals surface area contributed by atoms with E-state index in [1.807, 2.05) is 6.92 Å². The topological polar surface area (TPSA) is 40.5 Å². The number of rotatable bonds is 1. The van der Waals surface area contributed by atoms with Gasteiger partial charge in [-0.1, -0.05) is 40.7 Å². The third-order valence-electron chi connectivity index (χ3n) is 11.6. The largest absolute Gasteiger partial charge is 0.396 e. The quantitative estimate of drug-likeness (QED) is 0.429. The highest BCUT2D eigenvalue weighted by atomic mass is 16.3. The van der Waals surface area contributed by atoms with Crippen LogP contribution in [0, 0.1) is 51.8 Å². The molecule has 5 fully saturated rings. The molecule has 2 N–H and O–H groups in total. The van der Waals surface area contributed by atoms with E-state index in [1.54, 1.807) is 6.08 Å². The molecule has 5 saturated carbocycles. The normalized spacial score (nSPS) is 52.8. The van der Waals surface area contributed by atoms with Crippen molar-refractivity contribution >= 4 is 0 Å². The van der Waals surface area contributed by atoms with Crippen LogP contribution in [-0.4, -0.2) is 22.9 Å². The number of hydrogen-bond donors (Lipinski definition) is 2. The van der Waals surface area contributed by atoms with Gasteiger partial charge in [-0.05, 0) is 123 Å². The molecule has 10 atom stereocenters. The van der Waals surface area contributed by atoms with Crippen LogP contribution in [0.4, 0.5) is 0 Å². The van der Waals surface area contributed by atoms with Gasteiger partial charge in [-0.25, -0.2) is 0 Å². The molecule has 0 aromatic carbocycles. The second kappa shape index (κ2) is 9.13. The molecule has 10 unspecified atom stereocenters. The van der Waals surface area contributed by atoms with Crippen molar-refractivity contribution in [1.82, 2.24) is 0 Å². The second-order valence-corrected chi connectivity index (χ2v) is 12.5. The molecule has 5 aliphatic carbocycles. The molecule has 0 bridgehead atoms. The monoisotopic (exact) mass is 432 g/mol. The summed E-state index contributed by atoms with van der Waals surface area (Å²) in [6.45, 7) is 13.3. The Bertz CT molecular complexity index is 630. The Morgan fingerprint density at radius 2 is 1.48 bits per heavy atom. The predicted molar refractivity (Wildman–Crippen MR) is 132 cm³/mol. The van der Waals surface area contributed by atoms with Crippen LogP contribution >= 0.6 is 0 Å². The summed E-state index contributed by atoms with van der Waals surface area (Å²) >= 11 is 0. The third kappa shape index (κ3) is 3.67. The Balaban J connectivity index is 0.000000645. The molecule has 0 heterocycles. The highest BCUT2D eigenvalue weighted by Gasteiger charge is 2.64. The van der Waals surface area contributed by atoms with E-state index in [9.17, 15) is 10.2 Å². The minimum atomic E-state index is -0.0675. The van der Waals surface area contributed by atoms with Crippen molar-refractivity contribution in [3.63, 3.8) is 0 Å². The highest BCUT2D eigenvalue weighted by Crippen LogP contribution is 2.71. The first-order chi connectivity index (χ1) is 14.3. The van der Waals surface area contributed by atoms with Crippen molar-refractivity contribution in [2.45, 2.75) is 112 Å². The maximum Gasteiger partial charge on any atom is 0.0568 e. The van der Waals surface area contributed by atoms with Crippen LogP contribution in [-0.2, 0) is 0 Å². The minimum absolute atomic E-state index is 0. The van der Waals surface area contributed by atoms with Crippen LogP contribution < -0.4 is 0 Å². The highest BCUT2D eigenvalue weighted by molar-refractivity contribution is 5.13. The number of fused-ring (bicyclic) bond motifs is 7. The lowest BCUT2D eigenvalue weighted by molar-refractivity contribution is -0.197. The van der Waals surface area contributed by atoms with Crippen LogP contribution in [0.2, 0.25) is 0 Å². The zero-order chi connectivity index (χ0) is 21.7. The summed E-state index contributed by atoms with van der Waals surface area (Å²) < 4.78 is 0. The summed E-state index contributed by atoms with van der Waals surface area (Å²) in [5, 5.41) is 20.8. The van der Waals surface area contributed by atoms with Gasteiger partial charge in [-0.3, -0.25) is 0 Å². The van der Waals surface area contributed by atoms with Gasteiger partial charge in [0.2, 0.25) is 0 Å². The van der Waals surface area contributed by atoms with E-state index in [4.69, 9.17) is 0 Å². The third-order valence-corrected chi connectivity index (χ3v) is 11.6. The summed E-state index contributed by atoms with van der Waals surface area (Å²) in [5.74, 6) is 4.62. The van der Waals surface area contributed by atoms with Crippen molar-refractivity contribution in [2.24, 2.45) is 51.8 Å². The molecule has 0 spiro atoms.